The molecule has 1 aromatic carbocycles. The lowest BCUT2D eigenvalue weighted by Gasteiger charge is -2.38. The van der Waals surface area contributed by atoms with Crippen molar-refractivity contribution in [1.82, 2.24) is 25.4 Å². The minimum atomic E-state index is -0.943. The molecule has 0 radical (unpaired) electrons. The number of carboxylic acid groups (broad SMARTS) is 1. The molecule has 3 N–H and O–H groups in total. The molecule has 2 heterocycles. The molecule has 288 valence electrons. The van der Waals surface area contributed by atoms with Gasteiger partial charge in [0.25, 0.3) is 5.91 Å². The van der Waals surface area contributed by atoms with E-state index in [2.05, 4.69) is 15.6 Å². The quantitative estimate of drug-likeness (QED) is 0.159. The third kappa shape index (κ3) is 12.1. The van der Waals surface area contributed by atoms with E-state index in [9.17, 15) is 29.1 Å². The number of hydrogen-bond donors (Lipinski definition) is 3. The molecule has 1 aliphatic rings. The van der Waals surface area contributed by atoms with Gasteiger partial charge in [-0.3, -0.25) is 28.9 Å². The van der Waals surface area contributed by atoms with Crippen LogP contribution in [0.3, 0.4) is 0 Å². The van der Waals surface area contributed by atoms with Crippen molar-refractivity contribution in [2.24, 2.45) is 17.8 Å². The number of likely N-dealkylation sites (tertiary alicyclic amines) is 1. The summed E-state index contributed by atoms with van der Waals surface area (Å²) < 4.78 is 5.91. The number of carbonyl (C=O) groups is 5. The molecule has 1 aromatic heterocycles. The van der Waals surface area contributed by atoms with E-state index < -0.39 is 48.0 Å². The number of likely N-dealkylation sites (N-methyl/N-ethyl adjacent to an activating group) is 2. The maximum absolute atomic E-state index is 14.2. The van der Waals surface area contributed by atoms with Crippen molar-refractivity contribution < 1.29 is 33.8 Å². The predicted molar refractivity (Wildman–Crippen MR) is 202 cm³/mol. The van der Waals surface area contributed by atoms with Gasteiger partial charge in [-0.2, -0.15) is 0 Å². The van der Waals surface area contributed by atoms with Gasteiger partial charge in [-0.05, 0) is 56.7 Å². The molecule has 7 atom stereocenters. The van der Waals surface area contributed by atoms with Gasteiger partial charge < -0.3 is 25.4 Å². The average molecular weight is 742 g/mol. The van der Waals surface area contributed by atoms with E-state index in [0.29, 0.717) is 17.8 Å². The molecule has 3 amide bonds. The number of thiazole rings is 1. The average Bonchev–Trinajstić information content (AvgIpc) is 3.62. The number of carbonyl (C=O) groups excluding carboxylic acids is 4. The highest BCUT2D eigenvalue weighted by Gasteiger charge is 2.37. The highest BCUT2D eigenvalue weighted by molar-refractivity contribution is 7.09. The number of esters is 1. The van der Waals surface area contributed by atoms with Gasteiger partial charge in [0.15, 0.2) is 6.10 Å². The van der Waals surface area contributed by atoms with Gasteiger partial charge in [0.05, 0.1) is 12.0 Å². The van der Waals surface area contributed by atoms with Crippen molar-refractivity contribution in [2.75, 3.05) is 20.6 Å². The first-order valence-corrected chi connectivity index (χ1v) is 19.5. The van der Waals surface area contributed by atoms with E-state index in [-0.39, 0.29) is 54.6 Å². The lowest BCUT2D eigenvalue weighted by molar-refractivity contribution is -0.151. The number of ether oxygens (including phenoxy) is 1. The summed E-state index contributed by atoms with van der Waals surface area (Å²) in [6, 6.07) is 7.70. The van der Waals surface area contributed by atoms with E-state index in [0.717, 1.165) is 31.4 Å². The second-order valence-electron chi connectivity index (χ2n) is 14.6. The zero-order chi connectivity index (χ0) is 38.5. The van der Waals surface area contributed by atoms with Crippen LogP contribution in [0.2, 0.25) is 0 Å². The smallest absolute Gasteiger partial charge is 0.306 e. The Morgan fingerprint density at radius 2 is 1.73 bits per heavy atom. The molecule has 2 aromatic rings. The molecule has 12 nitrogen and oxygen atoms in total. The first kappa shape index (κ1) is 42.6. The predicted octanol–water partition coefficient (Wildman–Crippen LogP) is 5.48. The Hall–Kier alpha value is -3.84. The molecule has 1 fully saturated rings. The molecule has 3 rings (SSSR count). The van der Waals surface area contributed by atoms with Crippen LogP contribution in [0.25, 0.3) is 0 Å². The number of rotatable bonds is 19. The standard InChI is InChI=1S/C39H59N5O7S/c1-9-25(5)34(42-36(47)30-18-14-15-19-43(30)7)38(48)44(8)31(24(3)4)22-32(51-33(45)10-2)37-41-29(23-52-37)35(46)40-28(20-26(6)39(49)50)21-27-16-12-11-13-17-27/h11-13,16-17,23-26,28,30-32,34H,9-10,14-15,18-22H2,1-8H3,(H,40,46)(H,42,47)(H,49,50)/t25-,26?,28?,30+,31+,32+,34-/m0/s1. The van der Waals surface area contributed by atoms with Gasteiger partial charge in [0.2, 0.25) is 11.8 Å². The summed E-state index contributed by atoms with van der Waals surface area (Å²) in [6.07, 6.45) is 3.68. The van der Waals surface area contributed by atoms with E-state index in [1.54, 1.807) is 31.2 Å². The van der Waals surface area contributed by atoms with Gasteiger partial charge in [0.1, 0.15) is 16.7 Å². The highest BCUT2D eigenvalue weighted by Crippen LogP contribution is 2.31. The summed E-state index contributed by atoms with van der Waals surface area (Å²) in [6.45, 7) is 12.1. The van der Waals surface area contributed by atoms with Crippen LogP contribution < -0.4 is 10.6 Å². The fraction of sp³-hybridized carbons (Fsp3) is 0.641. The lowest BCUT2D eigenvalue weighted by Crippen LogP contribution is -2.58. The Morgan fingerprint density at radius 1 is 1.04 bits per heavy atom. The minimum absolute atomic E-state index is 0.0489. The molecular formula is C39H59N5O7S. The van der Waals surface area contributed by atoms with E-state index in [1.807, 2.05) is 70.0 Å². The zero-order valence-corrected chi connectivity index (χ0v) is 32.9. The van der Waals surface area contributed by atoms with Crippen molar-refractivity contribution in [2.45, 2.75) is 123 Å². The van der Waals surface area contributed by atoms with Crippen LogP contribution in [0.5, 0.6) is 0 Å². The maximum Gasteiger partial charge on any atom is 0.306 e. The summed E-state index contributed by atoms with van der Waals surface area (Å²) in [5, 5.41) is 17.6. The Balaban J connectivity index is 1.83. The number of aliphatic carboxylic acids is 1. The van der Waals surface area contributed by atoms with Crippen LogP contribution in [-0.2, 0) is 30.3 Å². The number of piperidine rings is 1. The van der Waals surface area contributed by atoms with E-state index in [4.69, 9.17) is 4.74 Å². The van der Waals surface area contributed by atoms with Gasteiger partial charge in [-0.1, -0.05) is 84.7 Å². The third-order valence-electron chi connectivity index (χ3n) is 10.2. The van der Waals surface area contributed by atoms with Crippen molar-refractivity contribution in [1.29, 1.82) is 0 Å². The van der Waals surface area contributed by atoms with E-state index >= 15 is 0 Å². The van der Waals surface area contributed by atoms with Gasteiger partial charge in [-0.25, -0.2) is 4.98 Å². The number of nitrogens with one attached hydrogen (secondary N) is 2. The van der Waals surface area contributed by atoms with Gasteiger partial charge in [-0.15, -0.1) is 11.3 Å². The Morgan fingerprint density at radius 3 is 2.33 bits per heavy atom. The fourth-order valence-corrected chi connectivity index (χ4v) is 7.52. The van der Waals surface area contributed by atoms with Crippen molar-refractivity contribution >= 4 is 41.0 Å². The summed E-state index contributed by atoms with van der Waals surface area (Å²) in [5.74, 6) is -3.01. The van der Waals surface area contributed by atoms with E-state index in [1.165, 1.54) is 11.3 Å². The molecule has 13 heteroatoms. The van der Waals surface area contributed by atoms with Crippen LogP contribution in [0, 0.1) is 17.8 Å². The van der Waals surface area contributed by atoms with Crippen LogP contribution in [0.1, 0.15) is 114 Å². The number of amides is 3. The number of carboxylic acids is 1. The molecule has 1 saturated heterocycles. The van der Waals surface area contributed by atoms with Crippen LogP contribution >= 0.6 is 11.3 Å². The fourth-order valence-electron chi connectivity index (χ4n) is 6.68. The Labute approximate surface area is 313 Å². The topological polar surface area (TPSA) is 158 Å². The van der Waals surface area contributed by atoms with Crippen LogP contribution in [0.15, 0.2) is 35.7 Å². The van der Waals surface area contributed by atoms with Crippen molar-refractivity contribution in [3.8, 4) is 0 Å². The summed E-state index contributed by atoms with van der Waals surface area (Å²) >= 11 is 1.19. The number of aromatic nitrogens is 1. The largest absolute Gasteiger partial charge is 0.481 e. The molecule has 0 saturated carbocycles. The summed E-state index contributed by atoms with van der Waals surface area (Å²) in [4.78, 5) is 73.9. The molecule has 0 spiro atoms. The molecule has 0 bridgehead atoms. The third-order valence-corrected chi connectivity index (χ3v) is 11.2. The second kappa shape index (κ2) is 20.4. The molecule has 2 unspecified atom stereocenters. The number of benzene rings is 1. The number of nitrogens with zero attached hydrogens (tertiary/aromatic N) is 3. The maximum atomic E-state index is 14.2. The molecular weight excluding hydrogens is 683 g/mol. The molecule has 1 aliphatic heterocycles. The second-order valence-corrected chi connectivity index (χ2v) is 15.5. The van der Waals surface area contributed by atoms with Crippen LogP contribution in [-0.4, -0.2) is 94.4 Å². The lowest BCUT2D eigenvalue weighted by atomic mass is 9.92. The molecule has 52 heavy (non-hydrogen) atoms. The minimum Gasteiger partial charge on any atom is -0.481 e. The van der Waals surface area contributed by atoms with Crippen LogP contribution in [0.4, 0.5) is 0 Å². The first-order chi connectivity index (χ1) is 24.7. The van der Waals surface area contributed by atoms with Crippen molar-refractivity contribution in [3.05, 3.63) is 52.0 Å². The zero-order valence-electron chi connectivity index (χ0n) is 32.1. The Kier molecular flexibility index (Phi) is 16.7. The van der Waals surface area contributed by atoms with Gasteiger partial charge >= 0.3 is 11.9 Å². The summed E-state index contributed by atoms with van der Waals surface area (Å²) in [7, 11) is 3.67. The highest BCUT2D eigenvalue weighted by atomic mass is 32.1. The molecule has 0 aliphatic carbocycles. The van der Waals surface area contributed by atoms with Gasteiger partial charge in [0, 0.05) is 37.4 Å². The Bertz CT molecular complexity index is 1480. The van der Waals surface area contributed by atoms with Crippen molar-refractivity contribution in [3.63, 3.8) is 0 Å². The SMILES string of the molecule is CCC(=O)O[C@H](C[C@H](C(C)C)N(C)C(=O)[C@@H](NC(=O)[C@H]1CCCCN1C)[C@@H](C)CC)c1nc(C(=O)NC(Cc2ccccc2)CC(C)C(=O)O)cs1. The monoisotopic (exact) mass is 741 g/mol. The summed E-state index contributed by atoms with van der Waals surface area (Å²) in [5.41, 5.74) is 1.10. The normalized spacial score (nSPS) is 18.4. The number of hydrogen-bond acceptors (Lipinski definition) is 9. The first-order valence-electron chi connectivity index (χ1n) is 18.7.